The van der Waals surface area contributed by atoms with Crippen molar-refractivity contribution in [3.63, 3.8) is 0 Å². The van der Waals surface area contributed by atoms with Crippen LogP contribution in [-0.4, -0.2) is 12.2 Å². The topological polar surface area (TPSA) is 17.1 Å². The second-order valence-corrected chi connectivity index (χ2v) is 3.24. The number of allylic oxidation sites excluding steroid dienone is 1. The zero-order valence-corrected chi connectivity index (χ0v) is 8.60. The highest BCUT2D eigenvalue weighted by molar-refractivity contribution is 6.17. The van der Waals surface area contributed by atoms with Crippen LogP contribution < -0.4 is 0 Å². The Morgan fingerprint density at radius 2 is 2.07 bits per heavy atom. The minimum Gasteiger partial charge on any atom is -0.298 e. The highest BCUT2D eigenvalue weighted by Gasteiger charge is 2.10. The second kappa shape index (κ2) is 5.61. The van der Waals surface area contributed by atoms with Crippen molar-refractivity contribution in [3.05, 3.63) is 41.0 Å². The van der Waals surface area contributed by atoms with Gasteiger partial charge in [-0.05, 0) is 18.6 Å². The highest BCUT2D eigenvalue weighted by Crippen LogP contribution is 2.16. The molecule has 4 heteroatoms. The first kappa shape index (κ1) is 11.9. The van der Waals surface area contributed by atoms with Crippen molar-refractivity contribution in [3.8, 4) is 0 Å². The molecule has 0 atom stereocenters. The quantitative estimate of drug-likeness (QED) is 0.572. The van der Waals surface area contributed by atoms with E-state index in [1.807, 2.05) is 0 Å². The summed E-state index contributed by atoms with van der Waals surface area (Å²) in [6, 6.07) is 2.34. The first-order chi connectivity index (χ1) is 7.20. The number of carbonyl (C=O) groups is 1. The Labute approximate surface area is 91.4 Å². The van der Waals surface area contributed by atoms with Crippen LogP contribution >= 0.6 is 11.6 Å². The third kappa shape index (κ3) is 2.86. The monoisotopic (exact) mass is 230 g/mol. The molecule has 0 unspecified atom stereocenters. The molecule has 0 aliphatic rings. The third-order valence-corrected chi connectivity index (χ3v) is 2.07. The Kier molecular flexibility index (Phi) is 4.43. The summed E-state index contributed by atoms with van der Waals surface area (Å²) in [5, 5.41) is 0. The summed E-state index contributed by atoms with van der Waals surface area (Å²) < 4.78 is 26.3. The summed E-state index contributed by atoms with van der Waals surface area (Å²) in [5.41, 5.74) is -0.355. The maximum Gasteiger partial charge on any atom is 0.155 e. The normalized spacial score (nSPS) is 10.9. The smallest absolute Gasteiger partial charge is 0.155 e. The fourth-order valence-corrected chi connectivity index (χ4v) is 1.22. The van der Waals surface area contributed by atoms with Crippen molar-refractivity contribution < 1.29 is 13.6 Å². The molecule has 0 fully saturated rings. The Morgan fingerprint density at radius 1 is 1.33 bits per heavy atom. The average molecular weight is 231 g/mol. The van der Waals surface area contributed by atoms with Gasteiger partial charge >= 0.3 is 0 Å². The predicted octanol–water partition coefficient (Wildman–Crippen LogP) is 3.42. The summed E-state index contributed by atoms with van der Waals surface area (Å²) in [6.07, 6.45) is 3.90. The maximum absolute atomic E-state index is 13.4. The molecule has 0 amide bonds. The molecule has 0 spiro atoms. The first-order valence-corrected chi connectivity index (χ1v) is 4.90. The van der Waals surface area contributed by atoms with Gasteiger partial charge in [0.1, 0.15) is 11.6 Å². The van der Waals surface area contributed by atoms with E-state index in [9.17, 15) is 13.6 Å². The molecule has 0 aromatic heterocycles. The minimum absolute atomic E-state index is 0.170. The van der Waals surface area contributed by atoms with Gasteiger partial charge in [0, 0.05) is 11.4 Å². The van der Waals surface area contributed by atoms with Gasteiger partial charge in [0.05, 0.1) is 5.56 Å². The van der Waals surface area contributed by atoms with Gasteiger partial charge in [-0.1, -0.05) is 12.2 Å². The zero-order chi connectivity index (χ0) is 11.3. The summed E-state index contributed by atoms with van der Waals surface area (Å²) in [7, 11) is 0. The van der Waals surface area contributed by atoms with E-state index in [0.29, 0.717) is 12.3 Å². The van der Waals surface area contributed by atoms with Crippen LogP contribution in [0.5, 0.6) is 0 Å². The average Bonchev–Trinajstić information content (AvgIpc) is 2.22. The Hall–Kier alpha value is -1.22. The van der Waals surface area contributed by atoms with Gasteiger partial charge in [-0.2, -0.15) is 0 Å². The molecule has 80 valence electrons. The van der Waals surface area contributed by atoms with Crippen LogP contribution in [0.2, 0.25) is 0 Å². The Morgan fingerprint density at radius 3 is 2.67 bits per heavy atom. The molecule has 0 N–H and O–H groups in total. The van der Waals surface area contributed by atoms with Crippen molar-refractivity contribution >= 4 is 24.0 Å². The first-order valence-electron chi connectivity index (χ1n) is 4.36. The molecule has 1 rings (SSSR count). The highest BCUT2D eigenvalue weighted by atomic mass is 35.5. The van der Waals surface area contributed by atoms with Crippen molar-refractivity contribution in [2.24, 2.45) is 0 Å². The molecule has 0 saturated heterocycles. The number of halogens is 3. The van der Waals surface area contributed by atoms with E-state index in [4.69, 9.17) is 11.6 Å². The molecule has 0 radical (unpaired) electrons. The van der Waals surface area contributed by atoms with Crippen LogP contribution in [-0.2, 0) is 0 Å². The van der Waals surface area contributed by atoms with Crippen LogP contribution in [0.1, 0.15) is 22.3 Å². The molecular weight excluding hydrogens is 222 g/mol. The van der Waals surface area contributed by atoms with Crippen LogP contribution in [0.3, 0.4) is 0 Å². The zero-order valence-electron chi connectivity index (χ0n) is 7.84. The van der Waals surface area contributed by atoms with Gasteiger partial charge < -0.3 is 0 Å². The van der Waals surface area contributed by atoms with E-state index in [-0.39, 0.29) is 11.8 Å². The van der Waals surface area contributed by atoms with Gasteiger partial charge in [0.2, 0.25) is 0 Å². The fourth-order valence-electron chi connectivity index (χ4n) is 1.10. The largest absolute Gasteiger partial charge is 0.298 e. The molecule has 1 nitrogen and oxygen atoms in total. The Bertz CT molecular complexity index is 388. The second-order valence-electron chi connectivity index (χ2n) is 2.86. The predicted molar refractivity (Wildman–Crippen MR) is 56.1 cm³/mol. The molecule has 1 aromatic carbocycles. The number of rotatable bonds is 4. The maximum atomic E-state index is 13.4. The number of hydrogen-bond acceptors (Lipinski definition) is 1. The summed E-state index contributed by atoms with van der Waals surface area (Å²) in [6.45, 7) is 0. The van der Waals surface area contributed by atoms with E-state index < -0.39 is 17.2 Å². The SMILES string of the molecule is O=Cc1c(F)ccc(C=CCCCl)c1F. The lowest BCUT2D eigenvalue weighted by Gasteiger charge is -2.00. The third-order valence-electron chi connectivity index (χ3n) is 1.85. The summed E-state index contributed by atoms with van der Waals surface area (Å²) in [5.74, 6) is -1.26. The van der Waals surface area contributed by atoms with Gasteiger partial charge in [-0.15, -0.1) is 11.6 Å². The molecular formula is C11H9ClF2O. The lowest BCUT2D eigenvalue weighted by atomic mass is 10.1. The van der Waals surface area contributed by atoms with Crippen LogP contribution in [0, 0.1) is 11.6 Å². The van der Waals surface area contributed by atoms with Gasteiger partial charge in [-0.25, -0.2) is 8.78 Å². The lowest BCUT2D eigenvalue weighted by molar-refractivity contribution is 0.111. The van der Waals surface area contributed by atoms with E-state index >= 15 is 0 Å². The Balaban J connectivity index is 3.05. The molecule has 0 aliphatic carbocycles. The minimum atomic E-state index is -0.850. The van der Waals surface area contributed by atoms with E-state index in [1.165, 1.54) is 12.1 Å². The molecule has 0 heterocycles. The molecule has 0 bridgehead atoms. The number of hydrogen-bond donors (Lipinski definition) is 0. The summed E-state index contributed by atoms with van der Waals surface area (Å²) >= 11 is 5.43. The van der Waals surface area contributed by atoms with E-state index in [2.05, 4.69) is 0 Å². The van der Waals surface area contributed by atoms with Crippen molar-refractivity contribution in [2.75, 3.05) is 5.88 Å². The van der Waals surface area contributed by atoms with E-state index in [1.54, 1.807) is 6.08 Å². The fraction of sp³-hybridized carbons (Fsp3) is 0.182. The number of carbonyl (C=O) groups excluding carboxylic acids is 1. The standard InChI is InChI=1S/C11H9ClF2O/c12-6-2-1-3-8-4-5-10(13)9(7-15)11(8)14/h1,3-5,7H,2,6H2. The van der Waals surface area contributed by atoms with Crippen LogP contribution in [0.15, 0.2) is 18.2 Å². The summed E-state index contributed by atoms with van der Waals surface area (Å²) in [4.78, 5) is 10.4. The number of alkyl halides is 1. The number of aldehydes is 1. The lowest BCUT2D eigenvalue weighted by Crippen LogP contribution is -1.96. The van der Waals surface area contributed by atoms with E-state index in [0.717, 1.165) is 6.07 Å². The molecule has 15 heavy (non-hydrogen) atoms. The van der Waals surface area contributed by atoms with Crippen LogP contribution in [0.25, 0.3) is 6.08 Å². The van der Waals surface area contributed by atoms with Crippen LogP contribution in [0.4, 0.5) is 8.78 Å². The van der Waals surface area contributed by atoms with Gasteiger partial charge in [0.25, 0.3) is 0 Å². The van der Waals surface area contributed by atoms with Crippen molar-refractivity contribution in [1.82, 2.24) is 0 Å². The number of benzene rings is 1. The van der Waals surface area contributed by atoms with Gasteiger partial charge in [-0.3, -0.25) is 4.79 Å². The molecule has 1 aromatic rings. The van der Waals surface area contributed by atoms with Crippen molar-refractivity contribution in [1.29, 1.82) is 0 Å². The molecule has 0 saturated carbocycles. The molecule has 0 aliphatic heterocycles. The van der Waals surface area contributed by atoms with Crippen molar-refractivity contribution in [2.45, 2.75) is 6.42 Å². The van der Waals surface area contributed by atoms with Gasteiger partial charge in [0.15, 0.2) is 6.29 Å².